The van der Waals surface area contributed by atoms with Crippen molar-refractivity contribution in [3.8, 4) is 6.07 Å². The third-order valence-electron chi connectivity index (χ3n) is 3.25. The van der Waals surface area contributed by atoms with Crippen LogP contribution in [0.5, 0.6) is 0 Å². The van der Waals surface area contributed by atoms with Crippen molar-refractivity contribution in [2.45, 2.75) is 9.59 Å². The van der Waals surface area contributed by atoms with Crippen LogP contribution in [0.25, 0.3) is 0 Å². The molecule has 3 N–H and O–H groups in total. The van der Waals surface area contributed by atoms with E-state index in [1.807, 2.05) is 36.4 Å². The maximum atomic E-state index is 11.8. The molecule has 1 heterocycles. The van der Waals surface area contributed by atoms with Crippen LogP contribution in [0.2, 0.25) is 0 Å². The minimum Gasteiger partial charge on any atom is -0.368 e. The van der Waals surface area contributed by atoms with Gasteiger partial charge in [0.25, 0.3) is 0 Å². The minimum atomic E-state index is -0.592. The lowest BCUT2D eigenvalue weighted by Gasteiger charge is -2.11. The Morgan fingerprint density at radius 3 is 2.52 bits per heavy atom. The third kappa shape index (κ3) is 4.35. The summed E-state index contributed by atoms with van der Waals surface area (Å²) in [4.78, 5) is 11.8. The molecule has 0 spiro atoms. The number of thioether (sulfide) groups is 1. The van der Waals surface area contributed by atoms with Gasteiger partial charge in [-0.25, -0.2) is 0 Å². The summed E-state index contributed by atoms with van der Waals surface area (Å²) < 4.78 is 0.631. The molecule has 3 aromatic rings. The van der Waals surface area contributed by atoms with Crippen molar-refractivity contribution in [2.75, 3.05) is 5.32 Å². The maximum absolute atomic E-state index is 11.8. The summed E-state index contributed by atoms with van der Waals surface area (Å²) in [6.07, 6.45) is 0. The fourth-order valence-electron chi connectivity index (χ4n) is 2.08. The van der Waals surface area contributed by atoms with Gasteiger partial charge < -0.3 is 11.1 Å². The van der Waals surface area contributed by atoms with E-state index in [-0.39, 0.29) is 0 Å². The van der Waals surface area contributed by atoms with Crippen LogP contribution in [0.1, 0.15) is 16.4 Å². The van der Waals surface area contributed by atoms with Crippen LogP contribution in [0, 0.1) is 11.3 Å². The summed E-state index contributed by atoms with van der Waals surface area (Å²) in [5, 5.41) is 20.3. The van der Waals surface area contributed by atoms with Crippen molar-refractivity contribution in [3.63, 3.8) is 0 Å². The van der Waals surface area contributed by atoms with Crippen LogP contribution in [-0.2, 0) is 4.79 Å². The number of hydrogen-bond donors (Lipinski definition) is 2. The number of nitriles is 1. The van der Waals surface area contributed by atoms with Crippen molar-refractivity contribution < 1.29 is 4.79 Å². The lowest BCUT2D eigenvalue weighted by molar-refractivity contribution is -0.117. The minimum absolute atomic E-state index is 0.470. The Balaban J connectivity index is 1.74. The summed E-state index contributed by atoms with van der Waals surface area (Å²) in [5.41, 5.74) is 7.70. The number of anilines is 2. The molecule has 2 aromatic carbocycles. The summed E-state index contributed by atoms with van der Waals surface area (Å²) >= 11 is 2.59. The second kappa shape index (κ2) is 7.79. The number of benzene rings is 2. The molecule has 0 bridgehead atoms. The molecular weight excluding hydrogens is 354 g/mol. The molecule has 8 heteroatoms. The van der Waals surface area contributed by atoms with E-state index in [1.165, 1.54) is 23.1 Å². The quantitative estimate of drug-likeness (QED) is 0.646. The molecule has 0 saturated carbocycles. The molecule has 124 valence electrons. The molecule has 1 atom stereocenters. The highest BCUT2D eigenvalue weighted by Gasteiger charge is 2.21. The first kappa shape index (κ1) is 17.0. The summed E-state index contributed by atoms with van der Waals surface area (Å²) in [6.45, 7) is 0. The van der Waals surface area contributed by atoms with Gasteiger partial charge in [-0.3, -0.25) is 4.79 Å². The molecule has 0 unspecified atom stereocenters. The molecule has 0 saturated heterocycles. The maximum Gasteiger partial charge on any atom is 0.235 e. The summed E-state index contributed by atoms with van der Waals surface area (Å²) in [6, 6.07) is 18.5. The van der Waals surface area contributed by atoms with Crippen LogP contribution in [0.3, 0.4) is 0 Å². The number of aromatic nitrogens is 2. The van der Waals surface area contributed by atoms with E-state index in [9.17, 15) is 4.79 Å². The number of para-hydroxylation sites is 1. The fourth-order valence-corrected chi connectivity index (χ4v) is 3.99. The average molecular weight is 367 g/mol. The van der Waals surface area contributed by atoms with E-state index in [4.69, 9.17) is 11.0 Å². The topological polar surface area (TPSA) is 105 Å². The average Bonchev–Trinajstić information content (AvgIpc) is 3.07. The third-order valence-corrected chi connectivity index (χ3v) is 5.45. The normalized spacial score (nSPS) is 11.5. The molecule has 25 heavy (non-hydrogen) atoms. The SMILES string of the molecule is N#Cc1ccc([C@@H](Sc2nnc(Nc3ccccc3)s2)C(N)=O)cc1. The monoisotopic (exact) mass is 367 g/mol. The molecule has 0 radical (unpaired) electrons. The number of primary amides is 1. The van der Waals surface area contributed by atoms with Gasteiger partial charge in [0.05, 0.1) is 11.6 Å². The highest BCUT2D eigenvalue weighted by Crippen LogP contribution is 2.38. The summed E-state index contributed by atoms with van der Waals surface area (Å²) in [7, 11) is 0. The zero-order valence-corrected chi connectivity index (χ0v) is 14.6. The lowest BCUT2D eigenvalue weighted by atomic mass is 10.1. The second-order valence-corrected chi connectivity index (χ2v) is 7.33. The predicted octanol–water partition coefficient (Wildman–Crippen LogP) is 3.47. The van der Waals surface area contributed by atoms with Crippen LogP contribution in [0.15, 0.2) is 58.9 Å². The van der Waals surface area contributed by atoms with Crippen LogP contribution >= 0.6 is 23.1 Å². The first-order valence-corrected chi connectivity index (χ1v) is 8.97. The van der Waals surface area contributed by atoms with Gasteiger partial charge >= 0.3 is 0 Å². The van der Waals surface area contributed by atoms with Gasteiger partial charge in [-0.2, -0.15) is 5.26 Å². The standard InChI is InChI=1S/C17H13N5OS2/c18-10-11-6-8-12(9-7-11)14(15(19)23)24-17-22-21-16(25-17)20-13-4-2-1-3-5-13/h1-9,14H,(H2,19,23)(H,20,21)/t14-/m1/s1. The van der Waals surface area contributed by atoms with Gasteiger partial charge in [0, 0.05) is 5.69 Å². The Labute approximate surface area is 152 Å². The number of nitrogens with one attached hydrogen (secondary N) is 1. The van der Waals surface area contributed by atoms with Gasteiger partial charge in [-0.05, 0) is 29.8 Å². The Bertz CT molecular complexity index is 903. The van der Waals surface area contributed by atoms with Gasteiger partial charge in [-0.15, -0.1) is 10.2 Å². The van der Waals surface area contributed by atoms with E-state index in [0.29, 0.717) is 15.0 Å². The van der Waals surface area contributed by atoms with Gasteiger partial charge in [0.2, 0.25) is 11.0 Å². The van der Waals surface area contributed by atoms with Gasteiger partial charge in [-0.1, -0.05) is 53.4 Å². The van der Waals surface area contributed by atoms with E-state index in [0.717, 1.165) is 11.3 Å². The number of hydrogen-bond acceptors (Lipinski definition) is 7. The zero-order chi connectivity index (χ0) is 17.6. The number of nitrogens with zero attached hydrogens (tertiary/aromatic N) is 3. The van der Waals surface area contributed by atoms with Gasteiger partial charge in [0.1, 0.15) is 5.25 Å². The van der Waals surface area contributed by atoms with E-state index >= 15 is 0 Å². The Kier molecular flexibility index (Phi) is 5.28. The summed E-state index contributed by atoms with van der Waals surface area (Å²) in [5.74, 6) is -0.470. The molecule has 0 aliphatic carbocycles. The molecule has 0 aliphatic heterocycles. The second-order valence-electron chi connectivity index (χ2n) is 5.00. The van der Waals surface area contributed by atoms with Crippen molar-refractivity contribution in [1.82, 2.24) is 10.2 Å². The lowest BCUT2D eigenvalue weighted by Crippen LogP contribution is -2.18. The molecule has 0 aliphatic rings. The smallest absolute Gasteiger partial charge is 0.235 e. The zero-order valence-electron chi connectivity index (χ0n) is 12.9. The van der Waals surface area contributed by atoms with Crippen molar-refractivity contribution in [1.29, 1.82) is 5.26 Å². The Hall–Kier alpha value is -2.89. The molecule has 6 nitrogen and oxygen atoms in total. The predicted molar refractivity (Wildman–Crippen MR) is 98.6 cm³/mol. The van der Waals surface area contributed by atoms with E-state index in [1.54, 1.807) is 24.3 Å². The molecular formula is C17H13N5OS2. The molecule has 3 rings (SSSR count). The van der Waals surface area contributed by atoms with Crippen molar-refractivity contribution in [3.05, 3.63) is 65.7 Å². The number of carbonyl (C=O) groups excluding carboxylic acids is 1. The van der Waals surface area contributed by atoms with Crippen molar-refractivity contribution >= 4 is 39.8 Å². The molecule has 1 amide bonds. The van der Waals surface area contributed by atoms with Crippen LogP contribution in [0.4, 0.5) is 10.8 Å². The molecule has 0 fully saturated rings. The highest BCUT2D eigenvalue weighted by molar-refractivity contribution is 8.01. The largest absolute Gasteiger partial charge is 0.368 e. The number of nitrogens with two attached hydrogens (primary N) is 1. The van der Waals surface area contributed by atoms with Crippen LogP contribution in [-0.4, -0.2) is 16.1 Å². The van der Waals surface area contributed by atoms with Crippen LogP contribution < -0.4 is 11.1 Å². The fraction of sp³-hybridized carbons (Fsp3) is 0.0588. The van der Waals surface area contributed by atoms with E-state index in [2.05, 4.69) is 15.5 Å². The first-order valence-electron chi connectivity index (χ1n) is 7.27. The van der Waals surface area contributed by atoms with Gasteiger partial charge in [0.15, 0.2) is 4.34 Å². The highest BCUT2D eigenvalue weighted by atomic mass is 32.2. The van der Waals surface area contributed by atoms with Crippen molar-refractivity contribution in [2.24, 2.45) is 5.73 Å². The Morgan fingerprint density at radius 2 is 1.88 bits per heavy atom. The van der Waals surface area contributed by atoms with E-state index < -0.39 is 11.2 Å². The number of amides is 1. The molecule has 1 aromatic heterocycles. The Morgan fingerprint density at radius 1 is 1.16 bits per heavy atom. The number of rotatable bonds is 6. The first-order chi connectivity index (χ1) is 12.2. The number of carbonyl (C=O) groups is 1.